The largest absolute Gasteiger partial charge is 0.486 e. The van der Waals surface area contributed by atoms with E-state index in [0.717, 1.165) is 24.5 Å². The van der Waals surface area contributed by atoms with Crippen molar-refractivity contribution in [3.63, 3.8) is 0 Å². The topological polar surface area (TPSA) is 50.7 Å². The summed E-state index contributed by atoms with van der Waals surface area (Å²) >= 11 is 0. The minimum Gasteiger partial charge on any atom is -0.486 e. The van der Waals surface area contributed by atoms with E-state index in [9.17, 15) is 5.11 Å². The second-order valence-corrected chi connectivity index (χ2v) is 6.73. The van der Waals surface area contributed by atoms with Gasteiger partial charge in [0.15, 0.2) is 11.5 Å². The van der Waals surface area contributed by atoms with Crippen LogP contribution in [0.5, 0.6) is 11.5 Å². The first-order valence-electron chi connectivity index (χ1n) is 8.99. The number of aliphatic hydroxyl groups excluding tert-OH is 1. The molecule has 0 fully saturated rings. The second-order valence-electron chi connectivity index (χ2n) is 6.73. The quantitative estimate of drug-likeness (QED) is 0.807. The molecule has 0 aliphatic carbocycles. The van der Waals surface area contributed by atoms with Gasteiger partial charge in [0, 0.05) is 12.6 Å². The molecule has 0 saturated carbocycles. The normalized spacial score (nSPS) is 16.9. The number of hydrogen-bond donors (Lipinski definition) is 2. The monoisotopic (exact) mass is 341 g/mol. The summed E-state index contributed by atoms with van der Waals surface area (Å²) in [5.74, 6) is 1.92. The number of nitrogens with one attached hydrogen (secondary N) is 1. The molecule has 0 aromatic heterocycles. The van der Waals surface area contributed by atoms with E-state index in [4.69, 9.17) is 9.47 Å². The number of aliphatic hydroxyl groups is 1. The number of rotatable bonds is 7. The molecule has 0 bridgehead atoms. The fraction of sp³-hybridized carbons (Fsp3) is 0.429. The van der Waals surface area contributed by atoms with Crippen LogP contribution in [0, 0.1) is 0 Å². The van der Waals surface area contributed by atoms with Crippen molar-refractivity contribution in [1.82, 2.24) is 5.32 Å². The Morgan fingerprint density at radius 3 is 2.40 bits per heavy atom. The maximum atomic E-state index is 9.84. The molecule has 0 spiro atoms. The molecule has 0 saturated heterocycles. The predicted octanol–water partition coefficient (Wildman–Crippen LogP) is 3.66. The van der Waals surface area contributed by atoms with Crippen molar-refractivity contribution in [2.45, 2.75) is 38.3 Å². The van der Waals surface area contributed by atoms with Gasteiger partial charge >= 0.3 is 0 Å². The highest BCUT2D eigenvalue weighted by molar-refractivity contribution is 5.44. The van der Waals surface area contributed by atoms with Crippen LogP contribution in [0.2, 0.25) is 0 Å². The van der Waals surface area contributed by atoms with Crippen molar-refractivity contribution in [3.8, 4) is 11.5 Å². The summed E-state index contributed by atoms with van der Waals surface area (Å²) in [5, 5.41) is 13.4. The van der Waals surface area contributed by atoms with Gasteiger partial charge in [-0.2, -0.15) is 0 Å². The van der Waals surface area contributed by atoms with E-state index in [-0.39, 0.29) is 18.1 Å². The molecule has 4 heteroatoms. The van der Waals surface area contributed by atoms with Gasteiger partial charge in [0.25, 0.3) is 0 Å². The first kappa shape index (κ1) is 17.8. The Kier molecular flexibility index (Phi) is 5.95. The number of fused-ring (bicyclic) bond motifs is 1. The van der Waals surface area contributed by atoms with E-state index in [1.54, 1.807) is 0 Å². The first-order valence-corrected chi connectivity index (χ1v) is 8.99. The molecular formula is C21H27NO3. The van der Waals surface area contributed by atoms with E-state index in [2.05, 4.69) is 48.6 Å². The summed E-state index contributed by atoms with van der Waals surface area (Å²) in [4.78, 5) is 0. The molecule has 2 N–H and O–H groups in total. The van der Waals surface area contributed by atoms with Crippen molar-refractivity contribution < 1.29 is 14.6 Å². The Labute approximate surface area is 149 Å². The third kappa shape index (κ3) is 4.74. The van der Waals surface area contributed by atoms with Crippen LogP contribution >= 0.6 is 0 Å². The molecule has 0 radical (unpaired) electrons. The van der Waals surface area contributed by atoms with Crippen LogP contribution in [-0.4, -0.2) is 31.0 Å². The van der Waals surface area contributed by atoms with Crippen molar-refractivity contribution >= 4 is 0 Å². The maximum Gasteiger partial charge on any atom is 0.161 e. The lowest BCUT2D eigenvalue weighted by molar-refractivity contribution is 0.171. The molecule has 0 amide bonds. The van der Waals surface area contributed by atoms with Gasteiger partial charge in [0.1, 0.15) is 13.2 Å². The fourth-order valence-electron chi connectivity index (χ4n) is 3.24. The highest BCUT2D eigenvalue weighted by atomic mass is 16.6. The summed E-state index contributed by atoms with van der Waals surface area (Å²) in [6.45, 7) is 6.02. The Bertz CT molecular complexity index is 672. The van der Waals surface area contributed by atoms with Crippen LogP contribution in [0.4, 0.5) is 0 Å². The standard InChI is InChI=1S/C21H27NO3/c1-15(23)12-19(17-6-4-3-5-7-17)14-22-16(2)18-8-9-20-21(13-18)25-11-10-24-20/h3-9,13,15-16,19,22-23H,10-12,14H2,1-2H3. The number of ether oxygens (including phenoxy) is 2. The number of benzene rings is 2. The van der Waals surface area contributed by atoms with Gasteiger partial charge in [-0.1, -0.05) is 36.4 Å². The first-order chi connectivity index (χ1) is 12.1. The molecule has 4 nitrogen and oxygen atoms in total. The Morgan fingerprint density at radius 1 is 0.960 bits per heavy atom. The van der Waals surface area contributed by atoms with Crippen molar-refractivity contribution in [3.05, 3.63) is 59.7 Å². The predicted molar refractivity (Wildman–Crippen MR) is 99.3 cm³/mol. The van der Waals surface area contributed by atoms with E-state index in [0.29, 0.717) is 13.2 Å². The molecule has 3 unspecified atom stereocenters. The van der Waals surface area contributed by atoms with E-state index < -0.39 is 0 Å². The second kappa shape index (κ2) is 8.37. The van der Waals surface area contributed by atoms with Crippen LogP contribution in [0.1, 0.15) is 43.4 Å². The van der Waals surface area contributed by atoms with Gasteiger partial charge in [-0.05, 0) is 49.4 Å². The zero-order valence-electron chi connectivity index (χ0n) is 14.9. The zero-order valence-corrected chi connectivity index (χ0v) is 14.9. The molecule has 1 heterocycles. The SMILES string of the molecule is CC(O)CC(CNC(C)c1ccc2c(c1)OCCO2)c1ccccc1. The summed E-state index contributed by atoms with van der Waals surface area (Å²) in [6.07, 6.45) is 0.418. The van der Waals surface area contributed by atoms with Gasteiger partial charge < -0.3 is 19.9 Å². The van der Waals surface area contributed by atoms with Gasteiger partial charge in [-0.3, -0.25) is 0 Å². The molecule has 2 aromatic carbocycles. The molecule has 134 valence electrons. The maximum absolute atomic E-state index is 9.84. The minimum absolute atomic E-state index is 0.191. The van der Waals surface area contributed by atoms with Crippen molar-refractivity contribution in [1.29, 1.82) is 0 Å². The highest BCUT2D eigenvalue weighted by Crippen LogP contribution is 2.32. The third-order valence-corrected chi connectivity index (χ3v) is 4.63. The summed E-state index contributed by atoms with van der Waals surface area (Å²) in [7, 11) is 0. The molecule has 1 aliphatic heterocycles. The fourth-order valence-corrected chi connectivity index (χ4v) is 3.24. The molecule has 25 heavy (non-hydrogen) atoms. The zero-order chi connectivity index (χ0) is 17.6. The lowest BCUT2D eigenvalue weighted by Crippen LogP contribution is -2.26. The lowest BCUT2D eigenvalue weighted by Gasteiger charge is -2.24. The molecule has 3 rings (SSSR count). The van der Waals surface area contributed by atoms with E-state index in [1.807, 2.05) is 19.1 Å². The van der Waals surface area contributed by atoms with Crippen LogP contribution in [0.3, 0.4) is 0 Å². The smallest absolute Gasteiger partial charge is 0.161 e. The average molecular weight is 341 g/mol. The van der Waals surface area contributed by atoms with Crippen LogP contribution < -0.4 is 14.8 Å². The van der Waals surface area contributed by atoms with Gasteiger partial charge in [-0.15, -0.1) is 0 Å². The van der Waals surface area contributed by atoms with E-state index >= 15 is 0 Å². The third-order valence-electron chi connectivity index (χ3n) is 4.63. The van der Waals surface area contributed by atoms with Gasteiger partial charge in [0.2, 0.25) is 0 Å². The average Bonchev–Trinajstić information content (AvgIpc) is 2.65. The molecule has 2 aromatic rings. The number of hydrogen-bond acceptors (Lipinski definition) is 4. The van der Waals surface area contributed by atoms with Crippen molar-refractivity contribution in [2.24, 2.45) is 0 Å². The van der Waals surface area contributed by atoms with E-state index in [1.165, 1.54) is 11.1 Å². The van der Waals surface area contributed by atoms with Crippen LogP contribution in [0.25, 0.3) is 0 Å². The molecular weight excluding hydrogens is 314 g/mol. The Hall–Kier alpha value is -2.04. The summed E-state index contributed by atoms with van der Waals surface area (Å²) in [6, 6.07) is 16.7. The minimum atomic E-state index is -0.323. The van der Waals surface area contributed by atoms with Gasteiger partial charge in [-0.25, -0.2) is 0 Å². The molecule has 1 aliphatic rings. The lowest BCUT2D eigenvalue weighted by atomic mass is 9.93. The van der Waals surface area contributed by atoms with Gasteiger partial charge in [0.05, 0.1) is 6.10 Å². The van der Waals surface area contributed by atoms with Crippen LogP contribution in [0.15, 0.2) is 48.5 Å². The summed E-state index contributed by atoms with van der Waals surface area (Å²) < 4.78 is 11.3. The van der Waals surface area contributed by atoms with Crippen molar-refractivity contribution in [2.75, 3.05) is 19.8 Å². The molecule has 3 atom stereocenters. The highest BCUT2D eigenvalue weighted by Gasteiger charge is 2.17. The Balaban J connectivity index is 1.66. The Morgan fingerprint density at radius 2 is 1.68 bits per heavy atom. The summed E-state index contributed by atoms with van der Waals surface area (Å²) in [5.41, 5.74) is 2.43. The van der Waals surface area contributed by atoms with Crippen LogP contribution in [-0.2, 0) is 0 Å².